The van der Waals surface area contributed by atoms with Gasteiger partial charge in [-0.15, -0.1) is 0 Å². The van der Waals surface area contributed by atoms with Crippen molar-refractivity contribution in [2.75, 3.05) is 6.54 Å². The molecule has 3 heteroatoms. The number of nitrogens with two attached hydrogens (primary N) is 1. The Kier molecular flexibility index (Phi) is 12.5. The highest BCUT2D eigenvalue weighted by Crippen LogP contribution is 2.17. The van der Waals surface area contributed by atoms with Gasteiger partial charge in [0.15, 0.2) is 0 Å². The van der Waals surface area contributed by atoms with E-state index in [0.29, 0.717) is 6.54 Å². The molecule has 1 atom stereocenters. The van der Waals surface area contributed by atoms with E-state index in [0.717, 1.165) is 25.7 Å². The van der Waals surface area contributed by atoms with Gasteiger partial charge in [-0.1, -0.05) is 58.3 Å². The van der Waals surface area contributed by atoms with Gasteiger partial charge in [0.1, 0.15) is 0 Å². The van der Waals surface area contributed by atoms with Crippen molar-refractivity contribution in [3.63, 3.8) is 0 Å². The van der Waals surface area contributed by atoms with Gasteiger partial charge in [-0.25, -0.2) is 0 Å². The van der Waals surface area contributed by atoms with Crippen LogP contribution in [0.4, 0.5) is 0 Å². The molecule has 0 radical (unpaired) electrons. The smallest absolute Gasteiger partial charge is 0.306 e. The topological polar surface area (TPSA) is 63.3 Å². The SMILES string of the molecule is CCCCCCCCCCC(CCCN)C(=O)O. The lowest BCUT2D eigenvalue weighted by molar-refractivity contribution is -0.142. The van der Waals surface area contributed by atoms with Crippen LogP contribution in [0.2, 0.25) is 0 Å². The minimum atomic E-state index is -0.647. The normalized spacial score (nSPS) is 12.6. The number of carboxylic acids is 1. The van der Waals surface area contributed by atoms with Crippen molar-refractivity contribution in [2.45, 2.75) is 77.6 Å². The molecular formula is C15H31NO2. The van der Waals surface area contributed by atoms with Crippen molar-refractivity contribution in [3.05, 3.63) is 0 Å². The molecule has 1 unspecified atom stereocenters. The number of aliphatic carboxylic acids is 1. The predicted molar refractivity (Wildman–Crippen MR) is 76.6 cm³/mol. The number of hydrogen-bond donors (Lipinski definition) is 2. The minimum absolute atomic E-state index is 0.173. The first-order chi connectivity index (χ1) is 8.72. The van der Waals surface area contributed by atoms with E-state index >= 15 is 0 Å². The van der Waals surface area contributed by atoms with Gasteiger partial charge in [0, 0.05) is 0 Å². The Balaban J connectivity index is 3.40. The van der Waals surface area contributed by atoms with Crippen LogP contribution in [-0.2, 0) is 4.79 Å². The molecule has 0 aromatic rings. The number of rotatable bonds is 13. The fourth-order valence-electron chi connectivity index (χ4n) is 2.28. The number of carbonyl (C=O) groups is 1. The summed E-state index contributed by atoms with van der Waals surface area (Å²) >= 11 is 0. The maximum atomic E-state index is 11.0. The lowest BCUT2D eigenvalue weighted by Crippen LogP contribution is -2.15. The van der Waals surface area contributed by atoms with Crippen molar-refractivity contribution in [1.29, 1.82) is 0 Å². The standard InChI is InChI=1S/C15H31NO2/c1-2-3-4-5-6-7-8-9-11-14(15(17)18)12-10-13-16/h14H,2-13,16H2,1H3,(H,17,18). The van der Waals surface area contributed by atoms with E-state index in [9.17, 15) is 4.79 Å². The molecule has 0 amide bonds. The average Bonchev–Trinajstić information content (AvgIpc) is 2.35. The molecule has 3 nitrogen and oxygen atoms in total. The summed E-state index contributed by atoms with van der Waals surface area (Å²) in [6.45, 7) is 2.83. The van der Waals surface area contributed by atoms with Crippen LogP contribution in [0.5, 0.6) is 0 Å². The van der Waals surface area contributed by atoms with Crippen LogP contribution < -0.4 is 5.73 Å². The summed E-state index contributed by atoms with van der Waals surface area (Å²) < 4.78 is 0. The lowest BCUT2D eigenvalue weighted by Gasteiger charge is -2.11. The Morgan fingerprint density at radius 1 is 0.944 bits per heavy atom. The van der Waals surface area contributed by atoms with E-state index in [1.165, 1.54) is 44.9 Å². The molecule has 0 aliphatic heterocycles. The zero-order chi connectivity index (χ0) is 13.6. The van der Waals surface area contributed by atoms with Gasteiger partial charge >= 0.3 is 5.97 Å². The summed E-state index contributed by atoms with van der Waals surface area (Å²) in [5.41, 5.74) is 5.42. The van der Waals surface area contributed by atoms with Gasteiger partial charge in [0.2, 0.25) is 0 Å². The Morgan fingerprint density at radius 3 is 1.94 bits per heavy atom. The van der Waals surface area contributed by atoms with E-state index in [4.69, 9.17) is 10.8 Å². The van der Waals surface area contributed by atoms with Crippen LogP contribution in [0.15, 0.2) is 0 Å². The van der Waals surface area contributed by atoms with Crippen LogP contribution in [0.25, 0.3) is 0 Å². The van der Waals surface area contributed by atoms with Gasteiger partial charge in [-0.05, 0) is 25.8 Å². The quantitative estimate of drug-likeness (QED) is 0.491. The molecule has 0 aromatic heterocycles. The molecule has 0 fully saturated rings. The molecule has 108 valence electrons. The predicted octanol–water partition coefficient (Wildman–Crippen LogP) is 3.96. The number of carboxylic acid groups (broad SMARTS) is 1. The first-order valence-corrected chi connectivity index (χ1v) is 7.65. The molecule has 0 rings (SSSR count). The monoisotopic (exact) mass is 257 g/mol. The largest absolute Gasteiger partial charge is 0.481 e. The van der Waals surface area contributed by atoms with Crippen molar-refractivity contribution in [3.8, 4) is 0 Å². The van der Waals surface area contributed by atoms with E-state index in [-0.39, 0.29) is 5.92 Å². The van der Waals surface area contributed by atoms with Crippen molar-refractivity contribution in [2.24, 2.45) is 11.7 Å². The second kappa shape index (κ2) is 12.9. The fourth-order valence-corrected chi connectivity index (χ4v) is 2.28. The van der Waals surface area contributed by atoms with Crippen molar-refractivity contribution in [1.82, 2.24) is 0 Å². The molecule has 0 saturated carbocycles. The third kappa shape index (κ3) is 10.6. The van der Waals surface area contributed by atoms with Gasteiger partial charge in [0.25, 0.3) is 0 Å². The first-order valence-electron chi connectivity index (χ1n) is 7.65. The van der Waals surface area contributed by atoms with E-state index in [1.54, 1.807) is 0 Å². The summed E-state index contributed by atoms with van der Waals surface area (Å²) in [5, 5.41) is 9.06. The zero-order valence-corrected chi connectivity index (χ0v) is 12.0. The third-order valence-electron chi connectivity index (χ3n) is 3.51. The molecule has 18 heavy (non-hydrogen) atoms. The molecule has 0 spiro atoms. The molecular weight excluding hydrogens is 226 g/mol. The molecule has 0 aliphatic rings. The Bertz CT molecular complexity index is 195. The van der Waals surface area contributed by atoms with Gasteiger partial charge in [-0.3, -0.25) is 4.79 Å². The molecule has 0 heterocycles. The first kappa shape index (κ1) is 17.4. The highest BCUT2D eigenvalue weighted by Gasteiger charge is 2.15. The fraction of sp³-hybridized carbons (Fsp3) is 0.933. The zero-order valence-electron chi connectivity index (χ0n) is 12.0. The maximum Gasteiger partial charge on any atom is 0.306 e. The van der Waals surface area contributed by atoms with E-state index in [2.05, 4.69) is 6.92 Å². The number of unbranched alkanes of at least 4 members (excludes halogenated alkanes) is 7. The summed E-state index contributed by atoms with van der Waals surface area (Å²) in [7, 11) is 0. The van der Waals surface area contributed by atoms with E-state index < -0.39 is 5.97 Å². The second-order valence-corrected chi connectivity index (χ2v) is 5.23. The Labute approximate surface area is 112 Å². The Hall–Kier alpha value is -0.570. The van der Waals surface area contributed by atoms with Crippen LogP contribution in [0.1, 0.15) is 77.6 Å². The van der Waals surface area contributed by atoms with E-state index in [1.807, 2.05) is 0 Å². The van der Waals surface area contributed by atoms with Crippen LogP contribution >= 0.6 is 0 Å². The van der Waals surface area contributed by atoms with Crippen LogP contribution in [0, 0.1) is 5.92 Å². The van der Waals surface area contributed by atoms with Crippen LogP contribution in [0.3, 0.4) is 0 Å². The lowest BCUT2D eigenvalue weighted by atomic mass is 9.96. The molecule has 3 N–H and O–H groups in total. The second-order valence-electron chi connectivity index (χ2n) is 5.23. The Morgan fingerprint density at radius 2 is 1.44 bits per heavy atom. The summed E-state index contributed by atoms with van der Waals surface area (Å²) in [4.78, 5) is 11.0. The third-order valence-corrected chi connectivity index (χ3v) is 3.51. The van der Waals surface area contributed by atoms with Gasteiger partial charge < -0.3 is 10.8 Å². The molecule has 0 bridgehead atoms. The van der Waals surface area contributed by atoms with Gasteiger partial charge in [0.05, 0.1) is 5.92 Å². The highest BCUT2D eigenvalue weighted by molar-refractivity contribution is 5.69. The number of hydrogen-bond acceptors (Lipinski definition) is 2. The molecule has 0 saturated heterocycles. The summed E-state index contributed by atoms with van der Waals surface area (Å²) in [6.07, 6.45) is 12.5. The van der Waals surface area contributed by atoms with Crippen molar-refractivity contribution < 1.29 is 9.90 Å². The summed E-state index contributed by atoms with van der Waals surface area (Å²) in [6, 6.07) is 0. The minimum Gasteiger partial charge on any atom is -0.481 e. The van der Waals surface area contributed by atoms with Crippen LogP contribution in [-0.4, -0.2) is 17.6 Å². The summed E-state index contributed by atoms with van der Waals surface area (Å²) in [5.74, 6) is -0.819. The van der Waals surface area contributed by atoms with Crippen molar-refractivity contribution >= 4 is 5.97 Å². The maximum absolute atomic E-state index is 11.0. The molecule has 0 aliphatic carbocycles. The van der Waals surface area contributed by atoms with Gasteiger partial charge in [-0.2, -0.15) is 0 Å². The average molecular weight is 257 g/mol. The molecule has 0 aromatic carbocycles. The highest BCUT2D eigenvalue weighted by atomic mass is 16.4.